The Morgan fingerprint density at radius 1 is 0.724 bits per heavy atom. The molecule has 0 spiro atoms. The Balaban J connectivity index is 2.02. The standard InChI is InChI=1S/C23H21N3O3/c1-25(2)23(29)26(22(28)18-7-4-3-5-8-18)20-10-6-9-19(15-20)16-11-13-17(14-12-16)21(24)27/h3-15H,1-2H3,(H2,24,27). The number of carbonyl (C=O) groups is 3. The average Bonchev–Trinajstić information content (AvgIpc) is 2.74. The molecule has 0 unspecified atom stereocenters. The van der Waals surface area contributed by atoms with E-state index in [9.17, 15) is 14.4 Å². The second-order valence-electron chi connectivity index (χ2n) is 6.68. The topological polar surface area (TPSA) is 83.7 Å². The third kappa shape index (κ3) is 4.32. The van der Waals surface area contributed by atoms with E-state index in [1.165, 1.54) is 4.90 Å². The largest absolute Gasteiger partial charge is 0.366 e. The summed E-state index contributed by atoms with van der Waals surface area (Å²) in [6.07, 6.45) is 0. The molecule has 3 rings (SSSR count). The zero-order chi connectivity index (χ0) is 21.0. The maximum Gasteiger partial charge on any atom is 0.331 e. The summed E-state index contributed by atoms with van der Waals surface area (Å²) < 4.78 is 0. The van der Waals surface area contributed by atoms with Crippen molar-refractivity contribution in [3.63, 3.8) is 0 Å². The van der Waals surface area contributed by atoms with Crippen molar-refractivity contribution in [3.05, 3.63) is 90.0 Å². The lowest BCUT2D eigenvalue weighted by Gasteiger charge is -2.25. The molecule has 0 heterocycles. The molecule has 4 amide bonds. The molecule has 0 aliphatic rings. The molecule has 6 nitrogen and oxygen atoms in total. The number of carbonyl (C=O) groups excluding carboxylic acids is 3. The van der Waals surface area contributed by atoms with Crippen molar-refractivity contribution in [2.45, 2.75) is 0 Å². The Morgan fingerprint density at radius 2 is 1.38 bits per heavy atom. The van der Waals surface area contributed by atoms with Crippen molar-refractivity contribution in [3.8, 4) is 11.1 Å². The lowest BCUT2D eigenvalue weighted by atomic mass is 10.0. The molecular weight excluding hydrogens is 366 g/mol. The Hall–Kier alpha value is -3.93. The van der Waals surface area contributed by atoms with Crippen molar-refractivity contribution >= 4 is 23.5 Å². The summed E-state index contributed by atoms with van der Waals surface area (Å²) >= 11 is 0. The van der Waals surface area contributed by atoms with Crippen molar-refractivity contribution in [1.29, 1.82) is 0 Å². The second kappa shape index (κ2) is 8.39. The summed E-state index contributed by atoms with van der Waals surface area (Å²) in [4.78, 5) is 39.7. The fraction of sp³-hybridized carbons (Fsp3) is 0.0870. The lowest BCUT2D eigenvalue weighted by molar-refractivity contribution is 0.0984. The first-order chi connectivity index (χ1) is 13.9. The van der Waals surface area contributed by atoms with Gasteiger partial charge in [-0.15, -0.1) is 0 Å². The molecule has 0 aromatic heterocycles. The molecule has 3 aromatic rings. The summed E-state index contributed by atoms with van der Waals surface area (Å²) in [5.74, 6) is -0.910. The monoisotopic (exact) mass is 387 g/mol. The highest BCUT2D eigenvalue weighted by Gasteiger charge is 2.26. The van der Waals surface area contributed by atoms with Crippen LogP contribution in [0.3, 0.4) is 0 Å². The smallest absolute Gasteiger partial charge is 0.331 e. The number of benzene rings is 3. The SMILES string of the molecule is CN(C)C(=O)N(C(=O)c1ccccc1)c1cccc(-c2ccc(C(N)=O)cc2)c1. The zero-order valence-electron chi connectivity index (χ0n) is 16.2. The predicted octanol–water partition coefficient (Wildman–Crippen LogP) is 3.78. The van der Waals surface area contributed by atoms with Gasteiger partial charge in [0.1, 0.15) is 0 Å². The van der Waals surface area contributed by atoms with E-state index in [2.05, 4.69) is 0 Å². The predicted molar refractivity (Wildman–Crippen MR) is 113 cm³/mol. The van der Waals surface area contributed by atoms with E-state index in [-0.39, 0.29) is 0 Å². The summed E-state index contributed by atoms with van der Waals surface area (Å²) in [5, 5.41) is 0. The van der Waals surface area contributed by atoms with E-state index in [4.69, 9.17) is 5.73 Å². The van der Waals surface area contributed by atoms with Crippen LogP contribution in [0.2, 0.25) is 0 Å². The first-order valence-electron chi connectivity index (χ1n) is 8.99. The lowest BCUT2D eigenvalue weighted by Crippen LogP contribution is -2.43. The van der Waals surface area contributed by atoms with Crippen LogP contribution in [0.25, 0.3) is 11.1 Å². The second-order valence-corrected chi connectivity index (χ2v) is 6.68. The molecule has 2 N–H and O–H groups in total. The fourth-order valence-corrected chi connectivity index (χ4v) is 2.88. The van der Waals surface area contributed by atoms with Gasteiger partial charge in [0.25, 0.3) is 5.91 Å². The average molecular weight is 387 g/mol. The number of nitrogens with zero attached hydrogens (tertiary/aromatic N) is 2. The van der Waals surface area contributed by atoms with Gasteiger partial charge in [0, 0.05) is 25.2 Å². The van der Waals surface area contributed by atoms with Gasteiger partial charge in [0.15, 0.2) is 0 Å². The van der Waals surface area contributed by atoms with E-state index in [1.807, 2.05) is 12.1 Å². The number of primary amides is 1. The highest BCUT2D eigenvalue weighted by atomic mass is 16.2. The van der Waals surface area contributed by atoms with Crippen LogP contribution in [0.1, 0.15) is 20.7 Å². The van der Waals surface area contributed by atoms with Gasteiger partial charge in [-0.1, -0.05) is 42.5 Å². The molecule has 3 aromatic carbocycles. The molecule has 0 saturated carbocycles. The molecular formula is C23H21N3O3. The van der Waals surface area contributed by atoms with Crippen LogP contribution in [0, 0.1) is 0 Å². The van der Waals surface area contributed by atoms with Gasteiger partial charge >= 0.3 is 6.03 Å². The van der Waals surface area contributed by atoms with Gasteiger partial charge in [-0.3, -0.25) is 9.59 Å². The molecule has 0 saturated heterocycles. The zero-order valence-corrected chi connectivity index (χ0v) is 16.2. The first-order valence-corrected chi connectivity index (χ1v) is 8.99. The molecule has 29 heavy (non-hydrogen) atoms. The van der Waals surface area contributed by atoms with Gasteiger partial charge in [0.2, 0.25) is 5.91 Å². The van der Waals surface area contributed by atoms with Crippen molar-refractivity contribution < 1.29 is 14.4 Å². The number of anilines is 1. The Labute approximate surface area is 169 Å². The maximum absolute atomic E-state index is 13.1. The van der Waals surface area contributed by atoms with E-state index in [0.717, 1.165) is 16.0 Å². The number of imide groups is 1. The van der Waals surface area contributed by atoms with Crippen molar-refractivity contribution in [2.24, 2.45) is 5.73 Å². The molecule has 146 valence electrons. The minimum absolute atomic E-state index is 0.411. The van der Waals surface area contributed by atoms with Crippen LogP contribution in [-0.4, -0.2) is 36.8 Å². The van der Waals surface area contributed by atoms with E-state index in [0.29, 0.717) is 16.8 Å². The van der Waals surface area contributed by atoms with E-state index >= 15 is 0 Å². The maximum atomic E-state index is 13.1. The molecule has 0 fully saturated rings. The fourth-order valence-electron chi connectivity index (χ4n) is 2.88. The Bertz CT molecular complexity index is 1040. The molecule has 0 aliphatic heterocycles. The normalized spacial score (nSPS) is 10.3. The van der Waals surface area contributed by atoms with Gasteiger partial charge in [-0.25, -0.2) is 9.69 Å². The molecule has 0 aliphatic carbocycles. The van der Waals surface area contributed by atoms with E-state index < -0.39 is 17.8 Å². The Morgan fingerprint density at radius 3 is 1.97 bits per heavy atom. The summed E-state index contributed by atoms with van der Waals surface area (Å²) in [7, 11) is 3.19. The minimum Gasteiger partial charge on any atom is -0.366 e. The summed E-state index contributed by atoms with van der Waals surface area (Å²) in [6, 6.07) is 22.2. The Kier molecular flexibility index (Phi) is 5.74. The highest BCUT2D eigenvalue weighted by Crippen LogP contribution is 2.27. The van der Waals surface area contributed by atoms with Crippen LogP contribution < -0.4 is 10.6 Å². The van der Waals surface area contributed by atoms with Crippen LogP contribution in [0.5, 0.6) is 0 Å². The number of rotatable bonds is 4. The third-order valence-electron chi connectivity index (χ3n) is 4.40. The van der Waals surface area contributed by atoms with Crippen LogP contribution >= 0.6 is 0 Å². The van der Waals surface area contributed by atoms with Gasteiger partial charge in [-0.05, 0) is 47.5 Å². The number of nitrogens with two attached hydrogens (primary N) is 1. The number of amides is 4. The molecule has 0 atom stereocenters. The van der Waals surface area contributed by atoms with Crippen LogP contribution in [0.4, 0.5) is 10.5 Å². The molecule has 0 bridgehead atoms. The van der Waals surface area contributed by atoms with Gasteiger partial charge in [-0.2, -0.15) is 0 Å². The quantitative estimate of drug-likeness (QED) is 0.739. The number of hydrogen-bond donors (Lipinski definition) is 1. The molecule has 6 heteroatoms. The minimum atomic E-state index is -0.499. The third-order valence-corrected chi connectivity index (χ3v) is 4.40. The van der Waals surface area contributed by atoms with Gasteiger partial charge < -0.3 is 10.6 Å². The summed E-state index contributed by atoms with van der Waals surface area (Å²) in [5.41, 5.74) is 8.21. The van der Waals surface area contributed by atoms with Crippen LogP contribution in [0.15, 0.2) is 78.9 Å². The first kappa shape index (κ1) is 19.8. The van der Waals surface area contributed by atoms with Crippen molar-refractivity contribution in [2.75, 3.05) is 19.0 Å². The number of hydrogen-bond acceptors (Lipinski definition) is 3. The number of urea groups is 1. The highest BCUT2D eigenvalue weighted by molar-refractivity contribution is 6.20. The van der Waals surface area contributed by atoms with Crippen LogP contribution in [-0.2, 0) is 0 Å². The molecule has 0 radical (unpaired) electrons. The summed E-state index contributed by atoms with van der Waals surface area (Å²) in [6.45, 7) is 0. The van der Waals surface area contributed by atoms with E-state index in [1.54, 1.807) is 80.8 Å². The van der Waals surface area contributed by atoms with Gasteiger partial charge in [0.05, 0.1) is 5.69 Å². The van der Waals surface area contributed by atoms with Crippen molar-refractivity contribution in [1.82, 2.24) is 4.90 Å².